The van der Waals surface area contributed by atoms with Crippen LogP contribution in [0.5, 0.6) is 5.75 Å². The quantitative estimate of drug-likeness (QED) is 0.342. The highest BCUT2D eigenvalue weighted by Gasteiger charge is 2.35. The Labute approximate surface area is 200 Å². The van der Waals surface area contributed by atoms with Gasteiger partial charge < -0.3 is 14.8 Å². The number of amides is 2. The molecule has 0 bridgehead atoms. The Morgan fingerprint density at radius 1 is 1.09 bits per heavy atom. The Bertz CT molecular complexity index is 823. The number of nitrogens with one attached hydrogen (secondary N) is 1. The van der Waals surface area contributed by atoms with Crippen LogP contribution in [0.2, 0.25) is 0 Å². The highest BCUT2D eigenvalue weighted by Crippen LogP contribution is 2.25. The lowest BCUT2D eigenvalue weighted by Gasteiger charge is -2.39. The van der Waals surface area contributed by atoms with Crippen LogP contribution in [0.3, 0.4) is 0 Å². The summed E-state index contributed by atoms with van der Waals surface area (Å²) in [7, 11) is 0. The summed E-state index contributed by atoms with van der Waals surface area (Å²) >= 11 is 0. The van der Waals surface area contributed by atoms with Crippen molar-refractivity contribution in [2.24, 2.45) is 0 Å². The van der Waals surface area contributed by atoms with Crippen LogP contribution in [-0.4, -0.2) is 67.0 Å². The molecule has 2 amide bonds. The van der Waals surface area contributed by atoms with Gasteiger partial charge in [0, 0.05) is 13.0 Å². The molecule has 9 nitrogen and oxygen atoms in total. The van der Waals surface area contributed by atoms with Crippen molar-refractivity contribution >= 4 is 41.8 Å². The third-order valence-corrected chi connectivity index (χ3v) is 5.70. The van der Waals surface area contributed by atoms with Crippen molar-refractivity contribution in [2.75, 3.05) is 31.1 Å². The summed E-state index contributed by atoms with van der Waals surface area (Å²) in [6, 6.07) is 6.71. The van der Waals surface area contributed by atoms with Crippen LogP contribution < -0.4 is 15.0 Å². The van der Waals surface area contributed by atoms with Crippen LogP contribution in [0.15, 0.2) is 24.3 Å². The lowest BCUT2D eigenvalue weighted by Crippen LogP contribution is -2.58. The first-order chi connectivity index (χ1) is 15.4. The van der Waals surface area contributed by atoms with Crippen LogP contribution in [-0.2, 0) is 23.9 Å². The van der Waals surface area contributed by atoms with Gasteiger partial charge in [-0.25, -0.2) is 9.69 Å². The summed E-state index contributed by atoms with van der Waals surface area (Å²) in [6.07, 6.45) is 2.97. The SMILES string of the molecule is CCCCC(Oc1ccc(N2C(=O)CN(C3CCNCC3)CC2=O)cc1)C(=O)OC(C)=O.Cl. The average Bonchev–Trinajstić information content (AvgIpc) is 2.77. The van der Waals surface area contributed by atoms with Gasteiger partial charge in [-0.15, -0.1) is 12.4 Å². The predicted molar refractivity (Wildman–Crippen MR) is 124 cm³/mol. The van der Waals surface area contributed by atoms with Crippen molar-refractivity contribution in [1.29, 1.82) is 0 Å². The Hall–Kier alpha value is -2.49. The van der Waals surface area contributed by atoms with Crippen LogP contribution >= 0.6 is 12.4 Å². The highest BCUT2D eigenvalue weighted by molar-refractivity contribution is 6.17. The Morgan fingerprint density at radius 3 is 2.24 bits per heavy atom. The second-order valence-corrected chi connectivity index (χ2v) is 8.16. The fourth-order valence-corrected chi connectivity index (χ4v) is 4.06. The standard InChI is InChI=1S/C23H31N3O6.ClH/c1-3-4-5-20(23(30)31-16(2)27)32-19-8-6-18(7-9-19)26-21(28)14-25(15-22(26)29)17-10-12-24-13-11-17;/h6-9,17,20,24H,3-5,10-15H2,1-2H3;1H. The maximum Gasteiger partial charge on any atom is 0.354 e. The topological polar surface area (TPSA) is 105 Å². The first kappa shape index (κ1) is 26.8. The van der Waals surface area contributed by atoms with E-state index in [-0.39, 0.29) is 43.4 Å². The number of piperazine rings is 1. The second kappa shape index (κ2) is 12.7. The van der Waals surface area contributed by atoms with Gasteiger partial charge >= 0.3 is 11.9 Å². The van der Waals surface area contributed by atoms with E-state index >= 15 is 0 Å². The molecule has 0 saturated carbocycles. The lowest BCUT2D eigenvalue weighted by atomic mass is 10.0. The number of esters is 2. The molecule has 1 atom stereocenters. The van der Waals surface area contributed by atoms with E-state index in [1.54, 1.807) is 24.3 Å². The predicted octanol–water partition coefficient (Wildman–Crippen LogP) is 2.06. The number of benzene rings is 1. The van der Waals surface area contributed by atoms with E-state index in [4.69, 9.17) is 4.74 Å². The number of ether oxygens (including phenoxy) is 2. The number of nitrogens with zero attached hydrogens (tertiary/aromatic N) is 2. The van der Waals surface area contributed by atoms with Gasteiger partial charge in [-0.1, -0.05) is 13.3 Å². The molecule has 1 N–H and O–H groups in total. The molecule has 0 aliphatic carbocycles. The van der Waals surface area contributed by atoms with Crippen molar-refractivity contribution in [1.82, 2.24) is 10.2 Å². The van der Waals surface area contributed by atoms with Crippen molar-refractivity contribution in [2.45, 2.75) is 58.1 Å². The molecular formula is C23H32ClN3O6. The number of rotatable bonds is 8. The Balaban J connectivity index is 0.00000385. The van der Waals surface area contributed by atoms with Crippen LogP contribution in [0.4, 0.5) is 5.69 Å². The Morgan fingerprint density at radius 2 is 1.70 bits per heavy atom. The van der Waals surface area contributed by atoms with E-state index in [0.29, 0.717) is 17.9 Å². The molecule has 1 unspecified atom stereocenters. The molecule has 1 aromatic rings. The smallest absolute Gasteiger partial charge is 0.354 e. The molecule has 1 aromatic carbocycles. The van der Waals surface area contributed by atoms with E-state index in [9.17, 15) is 19.2 Å². The fraction of sp³-hybridized carbons (Fsp3) is 0.565. The third-order valence-electron chi connectivity index (χ3n) is 5.70. The van der Waals surface area contributed by atoms with Gasteiger partial charge in [0.05, 0.1) is 18.8 Å². The fourth-order valence-electron chi connectivity index (χ4n) is 4.06. The zero-order chi connectivity index (χ0) is 23.1. The minimum atomic E-state index is -0.901. The van der Waals surface area contributed by atoms with Crippen molar-refractivity contribution in [3.05, 3.63) is 24.3 Å². The van der Waals surface area contributed by atoms with E-state index in [1.165, 1.54) is 11.8 Å². The van der Waals surface area contributed by atoms with Gasteiger partial charge in [-0.2, -0.15) is 0 Å². The molecule has 2 saturated heterocycles. The van der Waals surface area contributed by atoms with Gasteiger partial charge in [-0.05, 0) is 63.0 Å². The normalized spacial score (nSPS) is 18.4. The summed E-state index contributed by atoms with van der Waals surface area (Å²) in [4.78, 5) is 52.0. The van der Waals surface area contributed by atoms with Crippen LogP contribution in [0, 0.1) is 0 Å². The molecule has 2 aliphatic heterocycles. The monoisotopic (exact) mass is 481 g/mol. The number of imide groups is 1. The van der Waals surface area contributed by atoms with Gasteiger partial charge in [0.25, 0.3) is 0 Å². The molecule has 33 heavy (non-hydrogen) atoms. The molecule has 2 fully saturated rings. The zero-order valence-corrected chi connectivity index (χ0v) is 19.9. The summed E-state index contributed by atoms with van der Waals surface area (Å²) in [5.41, 5.74) is 0.466. The Kier molecular flexibility index (Phi) is 10.3. The van der Waals surface area contributed by atoms with Crippen LogP contribution in [0.25, 0.3) is 0 Å². The minimum absolute atomic E-state index is 0. The molecule has 0 aromatic heterocycles. The lowest BCUT2D eigenvalue weighted by molar-refractivity contribution is -0.163. The van der Waals surface area contributed by atoms with Crippen molar-refractivity contribution in [3.63, 3.8) is 0 Å². The molecular weight excluding hydrogens is 450 g/mol. The maximum atomic E-state index is 12.8. The van der Waals surface area contributed by atoms with Gasteiger partial charge in [0.15, 0.2) is 6.10 Å². The summed E-state index contributed by atoms with van der Waals surface area (Å²) in [5, 5.41) is 3.29. The molecule has 0 spiro atoms. The first-order valence-electron chi connectivity index (χ1n) is 11.2. The van der Waals surface area contributed by atoms with E-state index in [2.05, 4.69) is 10.1 Å². The number of piperidine rings is 1. The number of anilines is 1. The molecule has 182 valence electrons. The molecule has 2 aliphatic rings. The van der Waals surface area contributed by atoms with E-state index in [0.717, 1.165) is 38.8 Å². The highest BCUT2D eigenvalue weighted by atomic mass is 35.5. The molecule has 10 heteroatoms. The summed E-state index contributed by atoms with van der Waals surface area (Å²) in [6.45, 7) is 5.38. The largest absolute Gasteiger partial charge is 0.479 e. The number of carbonyl (C=O) groups is 4. The van der Waals surface area contributed by atoms with E-state index in [1.807, 2.05) is 11.8 Å². The molecule has 3 rings (SSSR count). The van der Waals surface area contributed by atoms with Gasteiger partial charge in [0.2, 0.25) is 11.8 Å². The molecule has 0 radical (unpaired) electrons. The second-order valence-electron chi connectivity index (χ2n) is 8.16. The van der Waals surface area contributed by atoms with Gasteiger partial charge in [-0.3, -0.25) is 19.3 Å². The first-order valence-corrected chi connectivity index (χ1v) is 11.2. The molecule has 2 heterocycles. The number of unbranched alkanes of at least 4 members (excludes halogenated alkanes) is 1. The number of halogens is 1. The van der Waals surface area contributed by atoms with Gasteiger partial charge in [0.1, 0.15) is 5.75 Å². The van der Waals surface area contributed by atoms with Crippen molar-refractivity contribution < 1.29 is 28.7 Å². The number of hydrogen-bond donors (Lipinski definition) is 1. The summed E-state index contributed by atoms with van der Waals surface area (Å²) in [5.74, 6) is -1.52. The maximum absolute atomic E-state index is 12.8. The van der Waals surface area contributed by atoms with Crippen LogP contribution in [0.1, 0.15) is 46.0 Å². The third kappa shape index (κ3) is 7.25. The van der Waals surface area contributed by atoms with E-state index < -0.39 is 18.0 Å². The zero-order valence-electron chi connectivity index (χ0n) is 19.1. The number of carbonyl (C=O) groups excluding carboxylic acids is 4. The number of hydrogen-bond acceptors (Lipinski definition) is 8. The minimum Gasteiger partial charge on any atom is -0.479 e. The summed E-state index contributed by atoms with van der Waals surface area (Å²) < 4.78 is 10.4. The average molecular weight is 482 g/mol. The van der Waals surface area contributed by atoms with Crippen molar-refractivity contribution in [3.8, 4) is 5.75 Å².